The van der Waals surface area contributed by atoms with Gasteiger partial charge in [0, 0.05) is 11.4 Å². The number of amides is 5. The lowest BCUT2D eigenvalue weighted by molar-refractivity contribution is -0.149. The van der Waals surface area contributed by atoms with E-state index in [4.69, 9.17) is 15.6 Å². The van der Waals surface area contributed by atoms with E-state index in [0.29, 0.717) is 30.7 Å². The van der Waals surface area contributed by atoms with Crippen LogP contribution in [-0.2, 0) is 32.1 Å². The van der Waals surface area contributed by atoms with Crippen molar-refractivity contribution in [2.24, 2.45) is 17.7 Å². The standard InChI is InChI=1S/C49H62N8O7S/c1-6-30(2)42(54-45(60)40-23-15-16-24-56(40)5)46(61)52-38-27-41(57(32(38)4)48(62)37-22-14-13-21-36(37)43(58)55-50)47-53-39(29-65-47)44(59)51-35(26-33-17-9-7-10-18-33)25-31(3)49(63)64-28-34-19-11-8-12-20-34/h7-14,17-22,29-32,35,38,40-42H,6,15-16,23-28,50H2,1-5H3,(H,51,59)(H,52,61)(H,54,60)(H,55,58). The number of hydrogen-bond donors (Lipinski definition) is 5. The van der Waals surface area contributed by atoms with Crippen molar-refractivity contribution in [1.29, 1.82) is 0 Å². The molecule has 2 fully saturated rings. The van der Waals surface area contributed by atoms with Crippen molar-refractivity contribution in [3.63, 3.8) is 0 Å². The summed E-state index contributed by atoms with van der Waals surface area (Å²) in [6.07, 6.45) is 4.30. The third-order valence-corrected chi connectivity index (χ3v) is 13.7. The largest absolute Gasteiger partial charge is 0.461 e. The molecule has 65 heavy (non-hydrogen) atoms. The van der Waals surface area contributed by atoms with Crippen LogP contribution >= 0.6 is 11.3 Å². The highest BCUT2D eigenvalue weighted by Gasteiger charge is 2.46. The Morgan fingerprint density at radius 3 is 2.20 bits per heavy atom. The molecule has 2 aliphatic heterocycles. The van der Waals surface area contributed by atoms with E-state index < -0.39 is 53.8 Å². The van der Waals surface area contributed by atoms with Gasteiger partial charge in [-0.3, -0.25) is 39.1 Å². The second-order valence-corrected chi connectivity index (χ2v) is 18.3. The van der Waals surface area contributed by atoms with Crippen LogP contribution in [0.4, 0.5) is 0 Å². The van der Waals surface area contributed by atoms with Crippen LogP contribution < -0.4 is 27.2 Å². The molecule has 346 valence electrons. The fraction of sp³-hybridized carbons (Fsp3) is 0.449. The van der Waals surface area contributed by atoms with Crippen molar-refractivity contribution in [2.45, 2.75) is 115 Å². The first-order chi connectivity index (χ1) is 31.3. The number of aromatic nitrogens is 1. The van der Waals surface area contributed by atoms with Crippen LogP contribution in [0.1, 0.15) is 120 Å². The van der Waals surface area contributed by atoms with Crippen LogP contribution in [0, 0.1) is 11.8 Å². The molecule has 15 nitrogen and oxygen atoms in total. The third kappa shape index (κ3) is 12.2. The van der Waals surface area contributed by atoms with Crippen molar-refractivity contribution < 1.29 is 33.5 Å². The number of esters is 1. The van der Waals surface area contributed by atoms with Gasteiger partial charge in [0.1, 0.15) is 23.4 Å². The average molecular weight is 907 g/mol. The molecule has 2 saturated heterocycles. The number of nitrogens with one attached hydrogen (secondary N) is 4. The molecule has 4 aromatic rings. The second-order valence-electron chi connectivity index (χ2n) is 17.4. The second kappa shape index (κ2) is 22.8. The van der Waals surface area contributed by atoms with Gasteiger partial charge >= 0.3 is 5.97 Å². The molecule has 3 aromatic carbocycles. The molecule has 1 aromatic heterocycles. The highest BCUT2D eigenvalue weighted by molar-refractivity contribution is 7.10. The van der Waals surface area contributed by atoms with Crippen molar-refractivity contribution in [3.8, 4) is 0 Å². The van der Waals surface area contributed by atoms with E-state index >= 15 is 0 Å². The molecule has 0 saturated carbocycles. The van der Waals surface area contributed by atoms with Gasteiger partial charge in [0.15, 0.2) is 0 Å². The highest BCUT2D eigenvalue weighted by Crippen LogP contribution is 2.39. The van der Waals surface area contributed by atoms with Crippen LogP contribution in [0.3, 0.4) is 0 Å². The molecule has 8 atom stereocenters. The summed E-state index contributed by atoms with van der Waals surface area (Å²) in [7, 11) is 1.92. The Morgan fingerprint density at radius 1 is 0.877 bits per heavy atom. The number of benzene rings is 3. The number of nitrogen functional groups attached to an aromatic ring is 1. The number of rotatable bonds is 18. The predicted octanol–water partition coefficient (Wildman–Crippen LogP) is 5.33. The lowest BCUT2D eigenvalue weighted by Gasteiger charge is -2.34. The molecular weight excluding hydrogens is 845 g/mol. The molecule has 0 spiro atoms. The summed E-state index contributed by atoms with van der Waals surface area (Å²) in [5, 5.41) is 11.4. The van der Waals surface area contributed by atoms with Crippen molar-refractivity contribution in [3.05, 3.63) is 123 Å². The Bertz CT molecular complexity index is 2280. The van der Waals surface area contributed by atoms with Gasteiger partial charge in [-0.1, -0.05) is 106 Å². The average Bonchev–Trinajstić information content (AvgIpc) is 3.94. The lowest BCUT2D eigenvalue weighted by Crippen LogP contribution is -2.58. The number of hydrogen-bond acceptors (Lipinski definition) is 11. The van der Waals surface area contributed by atoms with Gasteiger partial charge in [0.2, 0.25) is 11.8 Å². The van der Waals surface area contributed by atoms with Crippen molar-refractivity contribution >= 4 is 46.8 Å². The minimum atomic E-state index is -0.820. The smallest absolute Gasteiger partial charge is 0.309 e. The Balaban J connectivity index is 1.24. The number of nitrogens with two attached hydrogens (primary N) is 1. The quantitative estimate of drug-likeness (QED) is 0.0376. The molecular formula is C49H62N8O7S. The monoisotopic (exact) mass is 906 g/mol. The molecule has 6 N–H and O–H groups in total. The molecule has 3 heterocycles. The number of ether oxygens (including phenoxy) is 1. The summed E-state index contributed by atoms with van der Waals surface area (Å²) >= 11 is 1.21. The van der Waals surface area contributed by atoms with Crippen LogP contribution in [0.5, 0.6) is 0 Å². The number of hydrazine groups is 1. The Hall–Kier alpha value is -5.97. The van der Waals surface area contributed by atoms with Gasteiger partial charge in [0.05, 0.1) is 41.2 Å². The zero-order valence-corrected chi connectivity index (χ0v) is 38.6. The summed E-state index contributed by atoms with van der Waals surface area (Å²) in [6, 6.07) is 21.9. The maximum Gasteiger partial charge on any atom is 0.309 e. The van der Waals surface area contributed by atoms with Crippen LogP contribution in [0.25, 0.3) is 0 Å². The molecule has 16 heteroatoms. The normalized spacial score (nSPS) is 20.4. The summed E-state index contributed by atoms with van der Waals surface area (Å²) in [4.78, 5) is 91.1. The number of carbonyl (C=O) groups is 6. The highest BCUT2D eigenvalue weighted by atomic mass is 32.1. The first kappa shape index (κ1) is 48.5. The summed E-state index contributed by atoms with van der Waals surface area (Å²) in [5.41, 5.74) is 4.28. The van der Waals surface area contributed by atoms with Crippen LogP contribution in [0.2, 0.25) is 0 Å². The predicted molar refractivity (Wildman–Crippen MR) is 248 cm³/mol. The number of likely N-dealkylation sites (tertiary alicyclic amines) is 2. The molecule has 5 amide bonds. The zero-order chi connectivity index (χ0) is 46.6. The number of nitrogens with zero attached hydrogens (tertiary/aromatic N) is 3. The summed E-state index contributed by atoms with van der Waals surface area (Å²) in [6.45, 7) is 8.45. The minimum Gasteiger partial charge on any atom is -0.461 e. The van der Waals surface area contributed by atoms with E-state index in [1.54, 1.807) is 35.4 Å². The fourth-order valence-corrected chi connectivity index (χ4v) is 9.67. The molecule has 8 unspecified atom stereocenters. The SMILES string of the molecule is CCC(C)C(NC(=O)C1CCCCN1C)C(=O)NC1CC(c2nc(C(=O)NC(Cc3ccccc3)CC(C)C(=O)OCc3ccccc3)cs2)N(C(=O)c2ccccc2C(=O)NN)C1C. The van der Waals surface area contributed by atoms with Crippen molar-refractivity contribution in [2.75, 3.05) is 13.6 Å². The van der Waals surface area contributed by atoms with Crippen molar-refractivity contribution in [1.82, 2.24) is 36.2 Å². The van der Waals surface area contributed by atoms with E-state index in [0.717, 1.165) is 30.5 Å². The number of carbonyl (C=O) groups excluding carboxylic acids is 6. The first-order valence-electron chi connectivity index (χ1n) is 22.5. The van der Waals surface area contributed by atoms with E-state index in [1.165, 1.54) is 17.4 Å². The summed E-state index contributed by atoms with van der Waals surface area (Å²) in [5.74, 6) is 2.30. The van der Waals surface area contributed by atoms with E-state index in [9.17, 15) is 28.8 Å². The Kier molecular flexibility index (Phi) is 17.0. The molecule has 0 bridgehead atoms. The van der Waals surface area contributed by atoms with Gasteiger partial charge < -0.3 is 25.6 Å². The number of likely N-dealkylation sites (N-methyl/N-ethyl adjacent to an activating group) is 1. The Labute approximate surface area is 385 Å². The van der Waals surface area contributed by atoms with Crippen LogP contribution in [0.15, 0.2) is 90.3 Å². The molecule has 2 aliphatic rings. The maximum atomic E-state index is 14.7. The number of thiazole rings is 1. The lowest BCUT2D eigenvalue weighted by atomic mass is 9.95. The van der Waals surface area contributed by atoms with Crippen LogP contribution in [-0.4, -0.2) is 94.1 Å². The third-order valence-electron chi connectivity index (χ3n) is 12.8. The topological polar surface area (TPSA) is 205 Å². The van der Waals surface area contributed by atoms with Gasteiger partial charge in [-0.25, -0.2) is 10.8 Å². The van der Waals surface area contributed by atoms with Gasteiger partial charge in [-0.2, -0.15) is 0 Å². The fourth-order valence-electron chi connectivity index (χ4n) is 8.76. The molecule has 6 rings (SSSR count). The maximum absolute atomic E-state index is 14.7. The summed E-state index contributed by atoms with van der Waals surface area (Å²) < 4.78 is 5.63. The van der Waals surface area contributed by atoms with E-state index in [1.807, 2.05) is 93.4 Å². The molecule has 0 aliphatic carbocycles. The van der Waals surface area contributed by atoms with Gasteiger partial charge in [-0.15, -0.1) is 11.3 Å². The molecule has 0 radical (unpaired) electrons. The number of piperidine rings is 1. The van der Waals surface area contributed by atoms with Gasteiger partial charge in [0.25, 0.3) is 17.7 Å². The zero-order valence-electron chi connectivity index (χ0n) is 37.8. The van der Waals surface area contributed by atoms with Gasteiger partial charge in [-0.05, 0) is 81.8 Å². The van der Waals surface area contributed by atoms with E-state index in [2.05, 4.69) is 21.4 Å². The Morgan fingerprint density at radius 2 is 1.54 bits per heavy atom. The first-order valence-corrected chi connectivity index (χ1v) is 23.4. The van der Waals surface area contributed by atoms with E-state index in [-0.39, 0.29) is 59.6 Å². The minimum absolute atomic E-state index is 0.0764.